The van der Waals surface area contributed by atoms with E-state index in [0.29, 0.717) is 6.54 Å². The van der Waals surface area contributed by atoms with E-state index in [1.807, 2.05) is 43.3 Å². The van der Waals surface area contributed by atoms with Crippen LogP contribution in [0, 0.1) is 6.92 Å². The van der Waals surface area contributed by atoms with E-state index in [2.05, 4.69) is 9.55 Å². The van der Waals surface area contributed by atoms with Crippen molar-refractivity contribution in [2.24, 2.45) is 0 Å². The number of hydrogen-bond donors (Lipinski definition) is 1. The van der Waals surface area contributed by atoms with Crippen molar-refractivity contribution >= 4 is 16.9 Å². The minimum absolute atomic E-state index is 0.0513. The van der Waals surface area contributed by atoms with Crippen LogP contribution in [0.1, 0.15) is 16.8 Å². The van der Waals surface area contributed by atoms with E-state index in [-0.39, 0.29) is 6.42 Å². The Bertz CT molecular complexity index is 791. The first-order valence-corrected chi connectivity index (χ1v) is 6.84. The Balaban J connectivity index is 2.14. The van der Waals surface area contributed by atoms with Crippen molar-refractivity contribution in [3.8, 4) is 0 Å². The summed E-state index contributed by atoms with van der Waals surface area (Å²) >= 11 is 0. The van der Waals surface area contributed by atoms with Crippen molar-refractivity contribution in [2.45, 2.75) is 19.9 Å². The second kappa shape index (κ2) is 5.40. The molecule has 0 aliphatic rings. The Kier molecular flexibility index (Phi) is 3.44. The maximum Gasteiger partial charge on any atom is 0.307 e. The van der Waals surface area contributed by atoms with Gasteiger partial charge in [0.25, 0.3) is 0 Å². The number of carbonyl (C=O) groups is 1. The molecule has 0 spiro atoms. The van der Waals surface area contributed by atoms with Crippen molar-refractivity contribution in [1.29, 1.82) is 0 Å². The summed E-state index contributed by atoms with van der Waals surface area (Å²) in [5.41, 5.74) is 4.13. The number of nitrogens with zero attached hydrogens (tertiary/aromatic N) is 2. The third kappa shape index (κ3) is 2.52. The predicted octanol–water partition coefficient (Wildman–Crippen LogP) is 3.02. The number of carboxylic acid groups (broad SMARTS) is 1. The number of para-hydroxylation sites is 1. The second-order valence-corrected chi connectivity index (χ2v) is 5.09. The molecule has 0 atom stereocenters. The fraction of sp³-hybridized carbons (Fsp3) is 0.176. The lowest BCUT2D eigenvalue weighted by Gasteiger charge is -2.08. The van der Waals surface area contributed by atoms with Gasteiger partial charge >= 0.3 is 5.97 Å². The largest absolute Gasteiger partial charge is 0.481 e. The van der Waals surface area contributed by atoms with Gasteiger partial charge in [0, 0.05) is 35.5 Å². The highest BCUT2D eigenvalue weighted by atomic mass is 16.4. The standard InChI is InChI=1S/C17H16N2O2/c1-12-15(10-17(20)21)14-4-2-3-5-16(14)19(12)11-13-6-8-18-9-7-13/h2-9H,10-11H2,1H3,(H,20,21). The van der Waals surface area contributed by atoms with Gasteiger partial charge in [-0.1, -0.05) is 18.2 Å². The molecule has 0 fully saturated rings. The van der Waals surface area contributed by atoms with Crippen LogP contribution in [0.2, 0.25) is 0 Å². The van der Waals surface area contributed by atoms with E-state index >= 15 is 0 Å². The molecule has 0 aliphatic heterocycles. The molecule has 106 valence electrons. The predicted molar refractivity (Wildman–Crippen MR) is 81.4 cm³/mol. The molecule has 2 heterocycles. The molecule has 2 aromatic heterocycles. The molecule has 21 heavy (non-hydrogen) atoms. The lowest BCUT2D eigenvalue weighted by atomic mass is 10.1. The highest BCUT2D eigenvalue weighted by Crippen LogP contribution is 2.27. The normalized spacial score (nSPS) is 10.9. The van der Waals surface area contributed by atoms with Gasteiger partial charge in [-0.15, -0.1) is 0 Å². The number of rotatable bonds is 4. The van der Waals surface area contributed by atoms with Gasteiger partial charge in [0.1, 0.15) is 0 Å². The van der Waals surface area contributed by atoms with Crippen LogP contribution < -0.4 is 0 Å². The zero-order valence-electron chi connectivity index (χ0n) is 11.8. The topological polar surface area (TPSA) is 55.1 Å². The average Bonchev–Trinajstić information content (AvgIpc) is 2.74. The van der Waals surface area contributed by atoms with Gasteiger partial charge in [-0.3, -0.25) is 9.78 Å². The molecule has 0 radical (unpaired) electrons. The molecule has 0 unspecified atom stereocenters. The number of aromatic nitrogens is 2. The second-order valence-electron chi connectivity index (χ2n) is 5.09. The Hall–Kier alpha value is -2.62. The third-order valence-electron chi connectivity index (χ3n) is 3.78. The van der Waals surface area contributed by atoms with Crippen LogP contribution in [0.4, 0.5) is 0 Å². The van der Waals surface area contributed by atoms with E-state index in [1.165, 1.54) is 0 Å². The van der Waals surface area contributed by atoms with Crippen LogP contribution in [0.3, 0.4) is 0 Å². The number of pyridine rings is 1. The molecule has 1 aromatic carbocycles. The van der Waals surface area contributed by atoms with Crippen LogP contribution in [0.25, 0.3) is 10.9 Å². The molecule has 0 saturated heterocycles. The number of benzene rings is 1. The van der Waals surface area contributed by atoms with Crippen LogP contribution in [0.15, 0.2) is 48.8 Å². The van der Waals surface area contributed by atoms with Gasteiger partial charge in [0.15, 0.2) is 0 Å². The number of fused-ring (bicyclic) bond motifs is 1. The molecule has 0 amide bonds. The van der Waals surface area contributed by atoms with Gasteiger partial charge in [-0.25, -0.2) is 0 Å². The van der Waals surface area contributed by atoms with Gasteiger partial charge in [-0.05, 0) is 36.2 Å². The monoisotopic (exact) mass is 280 g/mol. The van der Waals surface area contributed by atoms with Crippen LogP contribution in [0.5, 0.6) is 0 Å². The zero-order valence-corrected chi connectivity index (χ0v) is 11.8. The first-order valence-electron chi connectivity index (χ1n) is 6.84. The van der Waals surface area contributed by atoms with E-state index in [1.54, 1.807) is 12.4 Å². The molecular weight excluding hydrogens is 264 g/mol. The molecule has 0 bridgehead atoms. The molecule has 3 rings (SSSR count). The van der Waals surface area contributed by atoms with Crippen LogP contribution in [-0.4, -0.2) is 20.6 Å². The fourth-order valence-corrected chi connectivity index (χ4v) is 2.75. The summed E-state index contributed by atoms with van der Waals surface area (Å²) in [5.74, 6) is -0.801. The quantitative estimate of drug-likeness (QED) is 0.799. The van der Waals surface area contributed by atoms with Gasteiger partial charge in [0.05, 0.1) is 6.42 Å². The maximum atomic E-state index is 11.1. The SMILES string of the molecule is Cc1c(CC(=O)O)c2ccccc2n1Cc1ccncc1. The lowest BCUT2D eigenvalue weighted by molar-refractivity contribution is -0.136. The number of aliphatic carboxylic acids is 1. The lowest BCUT2D eigenvalue weighted by Crippen LogP contribution is -2.05. The Morgan fingerprint density at radius 2 is 1.90 bits per heavy atom. The average molecular weight is 280 g/mol. The molecular formula is C17H16N2O2. The summed E-state index contributed by atoms with van der Waals surface area (Å²) < 4.78 is 2.17. The molecule has 0 saturated carbocycles. The molecule has 0 aliphatic carbocycles. The summed E-state index contributed by atoms with van der Waals surface area (Å²) in [6.45, 7) is 2.70. The maximum absolute atomic E-state index is 11.1. The van der Waals surface area contributed by atoms with Crippen molar-refractivity contribution in [3.05, 3.63) is 65.6 Å². The van der Waals surface area contributed by atoms with Crippen molar-refractivity contribution < 1.29 is 9.90 Å². The summed E-state index contributed by atoms with van der Waals surface area (Å²) in [6.07, 6.45) is 3.60. The Morgan fingerprint density at radius 3 is 2.62 bits per heavy atom. The highest BCUT2D eigenvalue weighted by Gasteiger charge is 2.15. The van der Waals surface area contributed by atoms with Gasteiger partial charge in [0.2, 0.25) is 0 Å². The molecule has 4 nitrogen and oxygen atoms in total. The minimum atomic E-state index is -0.801. The van der Waals surface area contributed by atoms with Crippen molar-refractivity contribution in [3.63, 3.8) is 0 Å². The number of carboxylic acids is 1. The fourth-order valence-electron chi connectivity index (χ4n) is 2.75. The van der Waals surface area contributed by atoms with Crippen LogP contribution in [-0.2, 0) is 17.8 Å². The summed E-state index contributed by atoms with van der Waals surface area (Å²) in [6, 6.07) is 11.9. The first-order chi connectivity index (χ1) is 10.2. The number of hydrogen-bond acceptors (Lipinski definition) is 2. The van der Waals surface area contributed by atoms with Crippen molar-refractivity contribution in [2.75, 3.05) is 0 Å². The Morgan fingerprint density at radius 1 is 1.19 bits per heavy atom. The van der Waals surface area contributed by atoms with E-state index in [9.17, 15) is 4.79 Å². The summed E-state index contributed by atoms with van der Waals surface area (Å²) in [7, 11) is 0. The first kappa shape index (κ1) is 13.4. The highest BCUT2D eigenvalue weighted by molar-refractivity contribution is 5.89. The Labute approximate surface area is 122 Å². The third-order valence-corrected chi connectivity index (χ3v) is 3.78. The van der Waals surface area contributed by atoms with Gasteiger partial charge < -0.3 is 9.67 Å². The van der Waals surface area contributed by atoms with Crippen molar-refractivity contribution in [1.82, 2.24) is 9.55 Å². The minimum Gasteiger partial charge on any atom is -0.481 e. The van der Waals surface area contributed by atoms with E-state index in [0.717, 1.165) is 27.7 Å². The summed E-state index contributed by atoms with van der Waals surface area (Å²) in [5, 5.41) is 10.2. The van der Waals surface area contributed by atoms with E-state index < -0.39 is 5.97 Å². The summed E-state index contributed by atoms with van der Waals surface area (Å²) in [4.78, 5) is 15.1. The molecule has 1 N–H and O–H groups in total. The van der Waals surface area contributed by atoms with Gasteiger partial charge in [-0.2, -0.15) is 0 Å². The smallest absolute Gasteiger partial charge is 0.307 e. The van der Waals surface area contributed by atoms with E-state index in [4.69, 9.17) is 5.11 Å². The molecule has 4 heteroatoms. The molecule has 3 aromatic rings. The van der Waals surface area contributed by atoms with Crippen LogP contribution >= 0.6 is 0 Å². The zero-order chi connectivity index (χ0) is 14.8.